The van der Waals surface area contributed by atoms with Gasteiger partial charge in [-0.15, -0.1) is 0 Å². The normalized spacial score (nSPS) is 9.80. The number of hydrogen-bond acceptors (Lipinski definition) is 2. The van der Waals surface area contributed by atoms with E-state index in [1.165, 1.54) is 32.1 Å². The Hall–Kier alpha value is -0.960. The fraction of sp³-hybridized carbons (Fsp3) is 0.778. The molecular formula is C18H30O2. The van der Waals surface area contributed by atoms with Gasteiger partial charge in [0, 0.05) is 26.1 Å². The van der Waals surface area contributed by atoms with Crippen molar-refractivity contribution >= 4 is 0 Å². The number of unbranched alkanes of at least 4 members (excludes halogenated alkanes) is 5. The van der Waals surface area contributed by atoms with Crippen LogP contribution in [0.3, 0.4) is 0 Å². The first kappa shape index (κ1) is 19.0. The van der Waals surface area contributed by atoms with Crippen molar-refractivity contribution in [2.24, 2.45) is 0 Å². The third kappa shape index (κ3) is 13.5. The smallest absolute Gasteiger partial charge is 0.157 e. The summed E-state index contributed by atoms with van der Waals surface area (Å²) in [6.07, 6.45) is 9.00. The molecule has 0 atom stereocenters. The van der Waals surface area contributed by atoms with Gasteiger partial charge in [0.15, 0.2) is 6.29 Å². The van der Waals surface area contributed by atoms with Crippen LogP contribution in [-0.4, -0.2) is 19.5 Å². The van der Waals surface area contributed by atoms with Crippen LogP contribution in [-0.2, 0) is 9.47 Å². The van der Waals surface area contributed by atoms with E-state index in [4.69, 9.17) is 9.47 Å². The Kier molecular flexibility index (Phi) is 15.3. The van der Waals surface area contributed by atoms with E-state index in [9.17, 15) is 0 Å². The molecule has 0 aliphatic heterocycles. The van der Waals surface area contributed by atoms with Crippen LogP contribution in [0.4, 0.5) is 0 Å². The highest BCUT2D eigenvalue weighted by Gasteiger charge is 2.06. The molecule has 0 saturated heterocycles. The number of hydrogen-bond donors (Lipinski definition) is 0. The summed E-state index contributed by atoms with van der Waals surface area (Å²) in [5.74, 6) is 11.8. The maximum absolute atomic E-state index is 5.52. The molecule has 0 unspecified atom stereocenters. The summed E-state index contributed by atoms with van der Waals surface area (Å²) < 4.78 is 11.0. The highest BCUT2D eigenvalue weighted by atomic mass is 16.7. The molecule has 0 saturated carbocycles. The molecule has 0 radical (unpaired) electrons. The third-order valence-corrected chi connectivity index (χ3v) is 2.86. The van der Waals surface area contributed by atoms with Crippen molar-refractivity contribution in [2.75, 3.05) is 13.2 Å². The lowest BCUT2D eigenvalue weighted by Crippen LogP contribution is -2.17. The molecule has 0 spiro atoms. The van der Waals surface area contributed by atoms with Crippen molar-refractivity contribution in [3.05, 3.63) is 0 Å². The molecule has 0 aromatic carbocycles. The molecule has 0 amide bonds. The van der Waals surface area contributed by atoms with Crippen molar-refractivity contribution in [3.8, 4) is 23.7 Å². The molecule has 0 aliphatic rings. The van der Waals surface area contributed by atoms with Gasteiger partial charge in [0.1, 0.15) is 0 Å². The van der Waals surface area contributed by atoms with Gasteiger partial charge in [-0.3, -0.25) is 0 Å². The second-order valence-corrected chi connectivity index (χ2v) is 4.60. The molecule has 0 fully saturated rings. The van der Waals surface area contributed by atoms with E-state index in [-0.39, 0.29) is 6.29 Å². The molecule has 0 aromatic rings. The van der Waals surface area contributed by atoms with Gasteiger partial charge in [-0.2, -0.15) is 0 Å². The maximum atomic E-state index is 5.52. The summed E-state index contributed by atoms with van der Waals surface area (Å²) in [6.45, 7) is 7.51. The topological polar surface area (TPSA) is 18.5 Å². The van der Waals surface area contributed by atoms with E-state index in [1.54, 1.807) is 0 Å². The average molecular weight is 278 g/mol. The minimum absolute atomic E-state index is 0.00648. The summed E-state index contributed by atoms with van der Waals surface area (Å²) in [7, 11) is 0. The second kappa shape index (κ2) is 16.1. The Morgan fingerprint density at radius 1 is 0.750 bits per heavy atom. The summed E-state index contributed by atoms with van der Waals surface area (Å²) in [4.78, 5) is 0. The molecule has 114 valence electrons. The fourth-order valence-electron chi connectivity index (χ4n) is 1.88. The van der Waals surface area contributed by atoms with Crippen molar-refractivity contribution in [1.29, 1.82) is 0 Å². The van der Waals surface area contributed by atoms with Gasteiger partial charge >= 0.3 is 0 Å². The van der Waals surface area contributed by atoms with Gasteiger partial charge in [-0.1, -0.05) is 38.0 Å². The first-order valence-corrected chi connectivity index (χ1v) is 8.04. The van der Waals surface area contributed by atoms with Gasteiger partial charge in [-0.25, -0.2) is 0 Å². The Morgan fingerprint density at radius 2 is 1.35 bits per heavy atom. The zero-order valence-corrected chi connectivity index (χ0v) is 13.5. The highest BCUT2D eigenvalue weighted by molar-refractivity contribution is 5.25. The van der Waals surface area contributed by atoms with E-state index in [2.05, 4.69) is 23.7 Å². The third-order valence-electron chi connectivity index (χ3n) is 2.86. The monoisotopic (exact) mass is 278 g/mol. The Balaban J connectivity index is 3.40. The van der Waals surface area contributed by atoms with Crippen LogP contribution in [0.5, 0.6) is 0 Å². The van der Waals surface area contributed by atoms with E-state index in [0.29, 0.717) is 0 Å². The lowest BCUT2D eigenvalue weighted by atomic mass is 10.1. The van der Waals surface area contributed by atoms with Crippen LogP contribution >= 0.6 is 0 Å². The van der Waals surface area contributed by atoms with Crippen LogP contribution in [0, 0.1) is 23.7 Å². The fourth-order valence-corrected chi connectivity index (χ4v) is 1.88. The second-order valence-electron chi connectivity index (χ2n) is 4.60. The van der Waals surface area contributed by atoms with Gasteiger partial charge in [0.2, 0.25) is 0 Å². The van der Waals surface area contributed by atoms with Gasteiger partial charge in [-0.05, 0) is 45.0 Å². The minimum Gasteiger partial charge on any atom is -0.353 e. The predicted molar refractivity (Wildman–Crippen MR) is 85.2 cm³/mol. The van der Waals surface area contributed by atoms with Crippen LogP contribution < -0.4 is 0 Å². The molecule has 0 rings (SSSR count). The summed E-state index contributed by atoms with van der Waals surface area (Å²) in [5, 5.41) is 0. The van der Waals surface area contributed by atoms with E-state index >= 15 is 0 Å². The lowest BCUT2D eigenvalue weighted by molar-refractivity contribution is -0.140. The van der Waals surface area contributed by atoms with Crippen molar-refractivity contribution in [2.45, 2.75) is 78.4 Å². The zero-order valence-electron chi connectivity index (χ0n) is 13.5. The van der Waals surface area contributed by atoms with Crippen molar-refractivity contribution in [3.63, 3.8) is 0 Å². The first-order chi connectivity index (χ1) is 9.85. The SMILES string of the molecule is CCC#CC#CCCCCCCCC(OCC)OCC. The van der Waals surface area contributed by atoms with Crippen LogP contribution in [0.25, 0.3) is 0 Å². The molecule has 0 bridgehead atoms. The Morgan fingerprint density at radius 3 is 2.00 bits per heavy atom. The quantitative estimate of drug-likeness (QED) is 0.314. The van der Waals surface area contributed by atoms with Gasteiger partial charge in [0.25, 0.3) is 0 Å². The predicted octanol–water partition coefficient (Wildman–Crippen LogP) is 4.53. The maximum Gasteiger partial charge on any atom is 0.157 e. The van der Waals surface area contributed by atoms with E-state index in [0.717, 1.165) is 32.5 Å². The molecular weight excluding hydrogens is 248 g/mol. The molecule has 0 heterocycles. The Labute approximate surface area is 125 Å². The first-order valence-electron chi connectivity index (χ1n) is 8.04. The average Bonchev–Trinajstić information content (AvgIpc) is 2.45. The van der Waals surface area contributed by atoms with Crippen LogP contribution in [0.1, 0.15) is 72.1 Å². The minimum atomic E-state index is -0.00648. The van der Waals surface area contributed by atoms with Gasteiger partial charge < -0.3 is 9.47 Å². The van der Waals surface area contributed by atoms with Crippen LogP contribution in [0.15, 0.2) is 0 Å². The standard InChI is InChI=1S/C18H30O2/c1-4-7-8-9-10-11-12-13-14-15-16-17-18(19-5-2)20-6-3/h18H,4-6,11-17H2,1-3H3. The van der Waals surface area contributed by atoms with Crippen LogP contribution in [0.2, 0.25) is 0 Å². The van der Waals surface area contributed by atoms with E-state index < -0.39 is 0 Å². The molecule has 2 heteroatoms. The summed E-state index contributed by atoms with van der Waals surface area (Å²) in [6, 6.07) is 0. The number of rotatable bonds is 11. The number of ether oxygens (including phenoxy) is 2. The molecule has 20 heavy (non-hydrogen) atoms. The largest absolute Gasteiger partial charge is 0.353 e. The summed E-state index contributed by atoms with van der Waals surface area (Å²) in [5.41, 5.74) is 0. The lowest BCUT2D eigenvalue weighted by Gasteiger charge is -2.16. The Bertz CT molecular complexity index is 308. The van der Waals surface area contributed by atoms with E-state index in [1.807, 2.05) is 20.8 Å². The molecule has 2 nitrogen and oxygen atoms in total. The molecule has 0 aliphatic carbocycles. The molecule has 0 N–H and O–H groups in total. The van der Waals surface area contributed by atoms with Gasteiger partial charge in [0.05, 0.1) is 0 Å². The van der Waals surface area contributed by atoms with Crippen molar-refractivity contribution < 1.29 is 9.47 Å². The highest BCUT2D eigenvalue weighted by Crippen LogP contribution is 2.11. The van der Waals surface area contributed by atoms with Crippen molar-refractivity contribution in [1.82, 2.24) is 0 Å². The summed E-state index contributed by atoms with van der Waals surface area (Å²) >= 11 is 0. The molecule has 0 aromatic heterocycles. The zero-order chi connectivity index (χ0) is 14.9.